The highest BCUT2D eigenvalue weighted by Gasteiger charge is 2.29. The average molecular weight is 420 g/mol. The number of nitrogens with zero attached hydrogens (tertiary/aromatic N) is 4. The van der Waals surface area contributed by atoms with Crippen LogP contribution in [0, 0.1) is 11.6 Å². The average Bonchev–Trinajstić information content (AvgIpc) is 3.30. The zero-order valence-corrected chi connectivity index (χ0v) is 16.5. The molecule has 2 aromatic carbocycles. The molecule has 6 nitrogen and oxygen atoms in total. The lowest BCUT2D eigenvalue weighted by Gasteiger charge is -2.30. The molecule has 1 aliphatic rings. The molecule has 2 aromatic heterocycles. The second-order valence-electron chi connectivity index (χ2n) is 7.49. The molecule has 4 aromatic rings. The van der Waals surface area contributed by atoms with Gasteiger partial charge in [0.15, 0.2) is 11.6 Å². The molecule has 1 amide bonds. The standard InChI is InChI=1S/C23H18F2N4O2/c24-18-7-3-6-17(19(18)25)23(30)29-12-9-15(10-13-29)21-27-28-22(31-21)20-16-5-2-1-4-14(16)8-11-26-20/h1-8,11,15H,9-10,12-13H2. The van der Waals surface area contributed by atoms with Gasteiger partial charge in [0.25, 0.3) is 11.8 Å². The summed E-state index contributed by atoms with van der Waals surface area (Å²) in [6.45, 7) is 0.785. The smallest absolute Gasteiger partial charge is 0.266 e. The lowest BCUT2D eigenvalue weighted by Crippen LogP contribution is -2.38. The molecule has 3 heterocycles. The number of pyridine rings is 1. The Hall–Kier alpha value is -3.68. The summed E-state index contributed by atoms with van der Waals surface area (Å²) in [5.41, 5.74) is 0.381. The minimum Gasteiger partial charge on any atom is -0.419 e. The first-order chi connectivity index (χ1) is 15.1. The van der Waals surface area contributed by atoms with Crippen molar-refractivity contribution in [1.29, 1.82) is 0 Å². The predicted octanol–water partition coefficient (Wildman–Crippen LogP) is 4.58. The number of benzene rings is 2. The van der Waals surface area contributed by atoms with Crippen LogP contribution >= 0.6 is 0 Å². The fourth-order valence-corrected chi connectivity index (χ4v) is 3.95. The van der Waals surface area contributed by atoms with Crippen molar-refractivity contribution < 1.29 is 18.0 Å². The third kappa shape index (κ3) is 3.54. The van der Waals surface area contributed by atoms with Gasteiger partial charge in [0, 0.05) is 30.6 Å². The molecular formula is C23H18F2N4O2. The quantitative estimate of drug-likeness (QED) is 0.485. The summed E-state index contributed by atoms with van der Waals surface area (Å²) >= 11 is 0. The van der Waals surface area contributed by atoms with Gasteiger partial charge in [0.05, 0.1) is 5.56 Å². The van der Waals surface area contributed by atoms with Crippen molar-refractivity contribution in [3.05, 3.63) is 77.8 Å². The number of carbonyl (C=O) groups is 1. The topological polar surface area (TPSA) is 72.1 Å². The Balaban J connectivity index is 1.31. The van der Waals surface area contributed by atoms with Gasteiger partial charge in [-0.05, 0) is 36.4 Å². The highest BCUT2D eigenvalue weighted by Crippen LogP contribution is 2.31. The van der Waals surface area contributed by atoms with Crippen LogP contribution in [0.2, 0.25) is 0 Å². The molecule has 0 bridgehead atoms. The molecule has 0 saturated carbocycles. The first-order valence-corrected chi connectivity index (χ1v) is 10.0. The van der Waals surface area contributed by atoms with E-state index in [1.807, 2.05) is 30.3 Å². The second kappa shape index (κ2) is 7.86. The first-order valence-electron chi connectivity index (χ1n) is 10.0. The molecule has 1 saturated heterocycles. The minimum atomic E-state index is -1.11. The molecule has 0 radical (unpaired) electrons. The van der Waals surface area contributed by atoms with Crippen LogP contribution in [0.25, 0.3) is 22.4 Å². The number of aromatic nitrogens is 3. The summed E-state index contributed by atoms with van der Waals surface area (Å²) in [5.74, 6) is -1.82. The van der Waals surface area contributed by atoms with E-state index >= 15 is 0 Å². The van der Waals surface area contributed by atoms with E-state index in [0.29, 0.717) is 43.4 Å². The molecule has 5 rings (SSSR count). The van der Waals surface area contributed by atoms with Crippen molar-refractivity contribution in [1.82, 2.24) is 20.1 Å². The Bertz CT molecular complexity index is 1260. The van der Waals surface area contributed by atoms with Gasteiger partial charge in [-0.15, -0.1) is 10.2 Å². The Kier molecular flexibility index (Phi) is 4.89. The number of likely N-dealkylation sites (tertiary alicyclic amines) is 1. The summed E-state index contributed by atoms with van der Waals surface area (Å²) in [6.07, 6.45) is 2.89. The van der Waals surface area contributed by atoms with Crippen LogP contribution in [-0.4, -0.2) is 39.1 Å². The van der Waals surface area contributed by atoms with Crippen LogP contribution in [0.4, 0.5) is 8.78 Å². The van der Waals surface area contributed by atoms with Crippen molar-refractivity contribution in [2.24, 2.45) is 0 Å². The summed E-state index contributed by atoms with van der Waals surface area (Å²) in [4.78, 5) is 18.5. The van der Waals surface area contributed by atoms with Gasteiger partial charge in [-0.3, -0.25) is 9.78 Å². The van der Waals surface area contributed by atoms with E-state index in [0.717, 1.165) is 16.8 Å². The minimum absolute atomic E-state index is 0.0161. The molecule has 31 heavy (non-hydrogen) atoms. The summed E-state index contributed by atoms with van der Waals surface area (Å²) in [7, 11) is 0. The van der Waals surface area contributed by atoms with Gasteiger partial charge >= 0.3 is 0 Å². The molecule has 0 spiro atoms. The van der Waals surface area contributed by atoms with Gasteiger partial charge in [-0.1, -0.05) is 30.3 Å². The number of fused-ring (bicyclic) bond motifs is 1. The van der Waals surface area contributed by atoms with Gasteiger partial charge in [-0.25, -0.2) is 8.78 Å². The third-order valence-corrected chi connectivity index (χ3v) is 5.63. The van der Waals surface area contributed by atoms with Crippen LogP contribution in [0.1, 0.15) is 35.0 Å². The molecule has 1 fully saturated rings. The van der Waals surface area contributed by atoms with Crippen molar-refractivity contribution >= 4 is 16.7 Å². The highest BCUT2D eigenvalue weighted by atomic mass is 19.2. The number of piperidine rings is 1. The number of rotatable bonds is 3. The Morgan fingerprint density at radius 3 is 2.65 bits per heavy atom. The van der Waals surface area contributed by atoms with Crippen molar-refractivity contribution in [3.8, 4) is 11.6 Å². The zero-order valence-electron chi connectivity index (χ0n) is 16.5. The predicted molar refractivity (Wildman–Crippen MR) is 109 cm³/mol. The van der Waals surface area contributed by atoms with E-state index in [4.69, 9.17) is 4.42 Å². The highest BCUT2D eigenvalue weighted by molar-refractivity contribution is 5.94. The molecule has 0 atom stereocenters. The van der Waals surface area contributed by atoms with Crippen LogP contribution in [0.15, 0.2) is 59.1 Å². The lowest BCUT2D eigenvalue weighted by molar-refractivity contribution is 0.0700. The largest absolute Gasteiger partial charge is 0.419 e. The van der Waals surface area contributed by atoms with E-state index in [1.165, 1.54) is 17.0 Å². The van der Waals surface area contributed by atoms with E-state index in [-0.39, 0.29) is 11.5 Å². The third-order valence-electron chi connectivity index (χ3n) is 5.63. The number of carbonyl (C=O) groups excluding carboxylic acids is 1. The molecule has 0 unspecified atom stereocenters. The molecule has 1 aliphatic heterocycles. The molecule has 156 valence electrons. The summed E-state index contributed by atoms with van der Waals surface area (Å²) in [5, 5.41) is 10.4. The first kappa shape index (κ1) is 19.3. The lowest BCUT2D eigenvalue weighted by atomic mass is 9.96. The molecule has 0 N–H and O–H groups in total. The van der Waals surface area contributed by atoms with Crippen molar-refractivity contribution in [3.63, 3.8) is 0 Å². The van der Waals surface area contributed by atoms with Gasteiger partial charge in [0.1, 0.15) is 5.69 Å². The van der Waals surface area contributed by atoms with Crippen molar-refractivity contribution in [2.45, 2.75) is 18.8 Å². The van der Waals surface area contributed by atoms with E-state index in [1.54, 1.807) is 6.20 Å². The Morgan fingerprint density at radius 2 is 1.81 bits per heavy atom. The molecule has 0 aliphatic carbocycles. The van der Waals surface area contributed by atoms with Gasteiger partial charge < -0.3 is 9.32 Å². The normalized spacial score (nSPS) is 14.8. The summed E-state index contributed by atoms with van der Waals surface area (Å²) < 4.78 is 33.3. The molecule has 8 heteroatoms. The summed E-state index contributed by atoms with van der Waals surface area (Å²) in [6, 6.07) is 13.4. The van der Waals surface area contributed by atoms with Crippen LogP contribution < -0.4 is 0 Å². The van der Waals surface area contributed by atoms with Crippen LogP contribution in [0.5, 0.6) is 0 Å². The SMILES string of the molecule is O=C(c1cccc(F)c1F)N1CCC(c2nnc(-c3nccc4ccccc34)o2)CC1. The van der Waals surface area contributed by atoms with E-state index in [2.05, 4.69) is 15.2 Å². The number of hydrogen-bond acceptors (Lipinski definition) is 5. The van der Waals surface area contributed by atoms with Gasteiger partial charge in [0.2, 0.25) is 5.89 Å². The fraction of sp³-hybridized carbons (Fsp3) is 0.217. The monoisotopic (exact) mass is 420 g/mol. The number of amides is 1. The van der Waals surface area contributed by atoms with Crippen LogP contribution in [0.3, 0.4) is 0 Å². The van der Waals surface area contributed by atoms with Crippen LogP contribution in [-0.2, 0) is 0 Å². The zero-order chi connectivity index (χ0) is 21.4. The van der Waals surface area contributed by atoms with E-state index < -0.39 is 17.5 Å². The number of halogens is 2. The maximum atomic E-state index is 14.0. The van der Waals surface area contributed by atoms with Gasteiger partial charge in [-0.2, -0.15) is 0 Å². The maximum absolute atomic E-state index is 14.0. The Labute approximate surface area is 176 Å². The van der Waals surface area contributed by atoms with E-state index in [9.17, 15) is 13.6 Å². The van der Waals surface area contributed by atoms with Crippen molar-refractivity contribution in [2.75, 3.05) is 13.1 Å². The molecular weight excluding hydrogens is 402 g/mol. The second-order valence-corrected chi connectivity index (χ2v) is 7.49. The maximum Gasteiger partial charge on any atom is 0.266 e. The number of hydrogen-bond donors (Lipinski definition) is 0. The Morgan fingerprint density at radius 1 is 1.00 bits per heavy atom. The fourth-order valence-electron chi connectivity index (χ4n) is 3.95.